The van der Waals surface area contributed by atoms with E-state index in [0.29, 0.717) is 28.7 Å². The summed E-state index contributed by atoms with van der Waals surface area (Å²) in [5.41, 5.74) is 7.47. The zero-order chi connectivity index (χ0) is 28.9. The first kappa shape index (κ1) is 27.7. The summed E-state index contributed by atoms with van der Waals surface area (Å²) >= 11 is 0. The first-order valence-corrected chi connectivity index (χ1v) is 13.4. The minimum atomic E-state index is -0.326. The van der Waals surface area contributed by atoms with Crippen LogP contribution >= 0.6 is 0 Å². The highest BCUT2D eigenvalue weighted by Crippen LogP contribution is 2.27. The van der Waals surface area contributed by atoms with Crippen molar-refractivity contribution in [2.75, 3.05) is 56.3 Å². The number of rotatable bonds is 8. The van der Waals surface area contributed by atoms with Gasteiger partial charge in [-0.05, 0) is 50.7 Å². The largest absolute Gasteiger partial charge is 0.354 e. The lowest BCUT2D eigenvalue weighted by molar-refractivity contribution is 0.0956. The number of hydrogen-bond acceptors (Lipinski definition) is 9. The number of carbonyl (C=O) groups excluding carboxylic acids is 2. The monoisotopic (exact) mass is 554 g/mol. The molecule has 1 saturated heterocycles. The SMILES string of the molecule is CNC(=O)c1cc(Nc2cc(NC(=O)c3cccc(C)c3)ccc2C)n(-c2cc(NN3CCN(C)CC3)ncn2)n1. The fourth-order valence-corrected chi connectivity index (χ4v) is 4.45. The standard InChI is InChI=1S/C29H34N10O2/c1-19-6-5-7-21(14-19)28(40)33-22-9-8-20(2)23(15-22)34-27-16-24(29(41)30-3)35-39(27)26-17-25(31-18-32-26)36-38-12-10-37(4)11-13-38/h5-9,14-18,34H,10-13H2,1-4H3,(H,30,41)(H,33,40)(H,31,32,36). The highest BCUT2D eigenvalue weighted by molar-refractivity contribution is 6.04. The number of likely N-dealkylation sites (N-methyl/N-ethyl adjacent to an activating group) is 1. The third-order valence-electron chi connectivity index (χ3n) is 6.85. The summed E-state index contributed by atoms with van der Waals surface area (Å²) in [5.74, 6) is 1.11. The lowest BCUT2D eigenvalue weighted by Crippen LogP contribution is -2.47. The van der Waals surface area contributed by atoms with Gasteiger partial charge in [0.2, 0.25) is 0 Å². The maximum atomic E-state index is 12.8. The molecule has 4 aromatic rings. The fourth-order valence-electron chi connectivity index (χ4n) is 4.45. The molecule has 2 aromatic carbocycles. The molecule has 4 N–H and O–H groups in total. The molecule has 1 aliphatic heterocycles. The van der Waals surface area contributed by atoms with Crippen molar-refractivity contribution in [3.63, 3.8) is 0 Å². The van der Waals surface area contributed by atoms with E-state index in [0.717, 1.165) is 43.0 Å². The number of amides is 2. The second-order valence-electron chi connectivity index (χ2n) is 10.0. The Labute approximate surface area is 238 Å². The molecule has 1 fully saturated rings. The molecule has 2 amide bonds. The summed E-state index contributed by atoms with van der Waals surface area (Å²) in [4.78, 5) is 36.4. The van der Waals surface area contributed by atoms with E-state index in [4.69, 9.17) is 0 Å². The van der Waals surface area contributed by atoms with Crippen molar-refractivity contribution in [2.24, 2.45) is 0 Å². The molecule has 12 heteroatoms. The molecule has 0 aliphatic carbocycles. The molecule has 1 aliphatic rings. The summed E-state index contributed by atoms with van der Waals surface area (Å²) in [6.07, 6.45) is 1.46. The molecule has 0 radical (unpaired) electrons. The number of hydrazine groups is 1. The molecule has 0 spiro atoms. The van der Waals surface area contributed by atoms with E-state index in [1.165, 1.54) is 6.33 Å². The van der Waals surface area contributed by atoms with Gasteiger partial charge >= 0.3 is 0 Å². The highest BCUT2D eigenvalue weighted by Gasteiger charge is 2.19. The van der Waals surface area contributed by atoms with Gasteiger partial charge in [0.15, 0.2) is 11.5 Å². The topological polar surface area (TPSA) is 132 Å². The Bertz CT molecular complexity index is 1560. The number of carbonyl (C=O) groups is 2. The molecule has 0 unspecified atom stereocenters. The summed E-state index contributed by atoms with van der Waals surface area (Å²) in [6.45, 7) is 7.54. The highest BCUT2D eigenvalue weighted by atomic mass is 16.2. The van der Waals surface area contributed by atoms with E-state index < -0.39 is 0 Å². The van der Waals surface area contributed by atoms with Crippen LogP contribution in [0.5, 0.6) is 0 Å². The van der Waals surface area contributed by atoms with E-state index in [2.05, 4.69) is 53.4 Å². The van der Waals surface area contributed by atoms with E-state index in [1.54, 1.807) is 29.9 Å². The van der Waals surface area contributed by atoms with Gasteiger partial charge in [-0.15, -0.1) is 0 Å². The second-order valence-corrected chi connectivity index (χ2v) is 10.0. The Hall–Kier alpha value is -4.81. The Morgan fingerprint density at radius 3 is 2.46 bits per heavy atom. The normalized spacial score (nSPS) is 14.0. The lowest BCUT2D eigenvalue weighted by Gasteiger charge is -2.32. The molecule has 2 aromatic heterocycles. The van der Waals surface area contributed by atoms with Crippen LogP contribution in [-0.4, -0.2) is 81.7 Å². The summed E-state index contributed by atoms with van der Waals surface area (Å²) in [6, 6.07) is 16.5. The van der Waals surface area contributed by atoms with Gasteiger partial charge in [-0.25, -0.2) is 15.0 Å². The van der Waals surface area contributed by atoms with Crippen molar-refractivity contribution < 1.29 is 9.59 Å². The Morgan fingerprint density at radius 2 is 1.71 bits per heavy atom. The minimum absolute atomic E-state index is 0.197. The van der Waals surface area contributed by atoms with Crippen LogP contribution in [0.4, 0.5) is 23.0 Å². The maximum Gasteiger partial charge on any atom is 0.271 e. The summed E-state index contributed by atoms with van der Waals surface area (Å²) < 4.78 is 1.57. The maximum absolute atomic E-state index is 12.8. The van der Waals surface area contributed by atoms with Crippen LogP contribution in [-0.2, 0) is 0 Å². The van der Waals surface area contributed by atoms with Crippen molar-refractivity contribution in [2.45, 2.75) is 13.8 Å². The van der Waals surface area contributed by atoms with Gasteiger partial charge in [-0.1, -0.05) is 23.8 Å². The molecular formula is C29H34N10O2. The van der Waals surface area contributed by atoms with E-state index in [9.17, 15) is 9.59 Å². The molecule has 41 heavy (non-hydrogen) atoms. The molecule has 12 nitrogen and oxygen atoms in total. The Balaban J connectivity index is 1.41. The third kappa shape index (κ3) is 6.68. The van der Waals surface area contributed by atoms with E-state index in [-0.39, 0.29) is 17.5 Å². The number of aromatic nitrogens is 4. The quantitative estimate of drug-likeness (QED) is 0.259. The van der Waals surface area contributed by atoms with Gasteiger partial charge in [0, 0.05) is 62.3 Å². The minimum Gasteiger partial charge on any atom is -0.354 e. The third-order valence-corrected chi connectivity index (χ3v) is 6.85. The van der Waals surface area contributed by atoms with Gasteiger partial charge in [0.1, 0.15) is 18.0 Å². The number of benzene rings is 2. The number of aryl methyl sites for hydroxylation is 2. The van der Waals surface area contributed by atoms with Crippen LogP contribution in [0.3, 0.4) is 0 Å². The Kier molecular flexibility index (Phi) is 8.22. The average molecular weight is 555 g/mol. The van der Waals surface area contributed by atoms with Gasteiger partial charge in [-0.2, -0.15) is 9.78 Å². The van der Waals surface area contributed by atoms with Crippen LogP contribution in [0, 0.1) is 13.8 Å². The predicted octanol–water partition coefficient (Wildman–Crippen LogP) is 3.21. The summed E-state index contributed by atoms with van der Waals surface area (Å²) in [7, 11) is 3.66. The van der Waals surface area contributed by atoms with Crippen LogP contribution < -0.4 is 21.4 Å². The van der Waals surface area contributed by atoms with Gasteiger partial charge in [0.05, 0.1) is 0 Å². The smallest absolute Gasteiger partial charge is 0.271 e. The summed E-state index contributed by atoms with van der Waals surface area (Å²) in [5, 5.41) is 15.6. The predicted molar refractivity (Wildman–Crippen MR) is 159 cm³/mol. The first-order valence-electron chi connectivity index (χ1n) is 13.4. The van der Waals surface area contributed by atoms with Crippen molar-refractivity contribution >= 4 is 34.8 Å². The van der Waals surface area contributed by atoms with Crippen LogP contribution in [0.25, 0.3) is 5.82 Å². The van der Waals surface area contributed by atoms with Crippen LogP contribution in [0.1, 0.15) is 32.0 Å². The van der Waals surface area contributed by atoms with Crippen LogP contribution in [0.2, 0.25) is 0 Å². The van der Waals surface area contributed by atoms with Gasteiger partial charge in [-0.3, -0.25) is 9.59 Å². The first-order chi connectivity index (χ1) is 19.8. The number of piperazine rings is 1. The number of nitrogens with zero attached hydrogens (tertiary/aromatic N) is 6. The van der Waals surface area contributed by atoms with Crippen molar-refractivity contribution in [1.82, 2.24) is 35.0 Å². The van der Waals surface area contributed by atoms with Crippen molar-refractivity contribution in [3.8, 4) is 5.82 Å². The molecule has 0 atom stereocenters. The number of nitrogens with one attached hydrogen (secondary N) is 4. The molecule has 0 saturated carbocycles. The fraction of sp³-hybridized carbons (Fsp3) is 0.276. The second kappa shape index (κ2) is 12.1. The molecule has 212 valence electrons. The lowest BCUT2D eigenvalue weighted by atomic mass is 10.1. The molecular weight excluding hydrogens is 520 g/mol. The molecule has 5 rings (SSSR count). The Morgan fingerprint density at radius 1 is 0.902 bits per heavy atom. The van der Waals surface area contributed by atoms with E-state index >= 15 is 0 Å². The van der Waals surface area contributed by atoms with Crippen molar-refractivity contribution in [1.29, 1.82) is 0 Å². The van der Waals surface area contributed by atoms with Gasteiger partial charge < -0.3 is 26.3 Å². The molecule has 0 bridgehead atoms. The van der Waals surface area contributed by atoms with Gasteiger partial charge in [0.25, 0.3) is 11.8 Å². The molecule has 3 heterocycles. The zero-order valence-electron chi connectivity index (χ0n) is 23.6. The van der Waals surface area contributed by atoms with Crippen molar-refractivity contribution in [3.05, 3.63) is 83.3 Å². The van der Waals surface area contributed by atoms with Crippen LogP contribution in [0.15, 0.2) is 60.9 Å². The number of anilines is 4. The zero-order valence-corrected chi connectivity index (χ0v) is 23.6. The average Bonchev–Trinajstić information content (AvgIpc) is 3.39. The number of hydrogen-bond donors (Lipinski definition) is 4. The van der Waals surface area contributed by atoms with E-state index in [1.807, 2.05) is 50.2 Å².